The molecule has 2 heteroatoms. The fourth-order valence-electron chi connectivity index (χ4n) is 0.274. The summed E-state index contributed by atoms with van der Waals surface area (Å²) in [6.07, 6.45) is 1.73. The van der Waals surface area contributed by atoms with E-state index in [9.17, 15) is 0 Å². The predicted molar refractivity (Wildman–Crippen MR) is 36.4 cm³/mol. The summed E-state index contributed by atoms with van der Waals surface area (Å²) in [6.45, 7) is 7.99. The second-order valence-electron chi connectivity index (χ2n) is 1.47. The number of hydrogen-bond acceptors (Lipinski definition) is 2. The third kappa shape index (κ3) is 3.59. The molecule has 0 radical (unpaired) electrons. The Hall–Kier alpha value is -0.600. The van der Waals surface area contributed by atoms with Crippen molar-refractivity contribution in [2.75, 3.05) is 13.6 Å². The molecule has 0 spiro atoms. The minimum Gasteiger partial charge on any atom is -0.261 e. The number of hydrogen-bond donors (Lipinski definition) is 2. The van der Waals surface area contributed by atoms with Crippen LogP contribution >= 0.6 is 0 Å². The van der Waals surface area contributed by atoms with Crippen molar-refractivity contribution < 1.29 is 0 Å². The Bertz CT molecular complexity index is 86.5. The van der Waals surface area contributed by atoms with Crippen molar-refractivity contribution in [2.45, 2.75) is 0 Å². The SMILES string of the molecule is C=CC(=C)CNNC. The highest BCUT2D eigenvalue weighted by Crippen LogP contribution is 1.83. The van der Waals surface area contributed by atoms with E-state index in [4.69, 9.17) is 0 Å². The van der Waals surface area contributed by atoms with Crippen LogP contribution in [0.15, 0.2) is 24.8 Å². The van der Waals surface area contributed by atoms with Crippen LogP contribution in [0.3, 0.4) is 0 Å². The maximum atomic E-state index is 3.69. The Morgan fingerprint density at radius 3 is 2.75 bits per heavy atom. The van der Waals surface area contributed by atoms with Crippen molar-refractivity contribution in [3.05, 3.63) is 24.8 Å². The first-order chi connectivity index (χ1) is 3.81. The lowest BCUT2D eigenvalue weighted by atomic mass is 10.3. The summed E-state index contributed by atoms with van der Waals surface area (Å²) in [5.41, 5.74) is 6.64. The van der Waals surface area contributed by atoms with Gasteiger partial charge in [-0.05, 0) is 12.6 Å². The Kier molecular flexibility index (Phi) is 4.21. The first-order valence-electron chi connectivity index (χ1n) is 2.51. The standard InChI is InChI=1S/C6H12N2/c1-4-6(2)5-8-7-3/h4,7-8H,1-2,5H2,3H3. The zero-order valence-corrected chi connectivity index (χ0v) is 5.20. The highest BCUT2D eigenvalue weighted by molar-refractivity contribution is 5.11. The van der Waals surface area contributed by atoms with E-state index in [1.54, 1.807) is 6.08 Å². The Morgan fingerprint density at radius 2 is 2.38 bits per heavy atom. The van der Waals surface area contributed by atoms with Crippen LogP contribution < -0.4 is 10.9 Å². The summed E-state index contributed by atoms with van der Waals surface area (Å²) in [5.74, 6) is 0. The summed E-state index contributed by atoms with van der Waals surface area (Å²) in [7, 11) is 1.82. The average Bonchev–Trinajstić information content (AvgIpc) is 1.83. The van der Waals surface area contributed by atoms with Gasteiger partial charge in [-0.1, -0.05) is 19.2 Å². The van der Waals surface area contributed by atoms with E-state index in [1.165, 1.54) is 0 Å². The molecule has 0 atom stereocenters. The maximum Gasteiger partial charge on any atom is 0.0344 e. The first-order valence-corrected chi connectivity index (χ1v) is 2.51. The molecular weight excluding hydrogens is 100 g/mol. The largest absolute Gasteiger partial charge is 0.261 e. The van der Waals surface area contributed by atoms with Crippen LogP contribution in [-0.4, -0.2) is 13.6 Å². The molecule has 0 bridgehead atoms. The molecule has 0 aromatic rings. The summed E-state index contributed by atoms with van der Waals surface area (Å²) in [5, 5.41) is 0. The van der Waals surface area contributed by atoms with E-state index in [-0.39, 0.29) is 0 Å². The van der Waals surface area contributed by atoms with Crippen LogP contribution in [-0.2, 0) is 0 Å². The van der Waals surface area contributed by atoms with Gasteiger partial charge in [-0.25, -0.2) is 0 Å². The molecule has 0 aliphatic heterocycles. The van der Waals surface area contributed by atoms with Crippen LogP contribution in [0.5, 0.6) is 0 Å². The first kappa shape index (κ1) is 7.40. The predicted octanol–water partition coefficient (Wildman–Crippen LogP) is 0.453. The van der Waals surface area contributed by atoms with Crippen molar-refractivity contribution >= 4 is 0 Å². The van der Waals surface area contributed by atoms with Crippen molar-refractivity contribution in [1.29, 1.82) is 0 Å². The van der Waals surface area contributed by atoms with Gasteiger partial charge in [0.25, 0.3) is 0 Å². The Labute approximate surface area is 50.3 Å². The lowest BCUT2D eigenvalue weighted by Gasteiger charge is -1.99. The Morgan fingerprint density at radius 1 is 1.75 bits per heavy atom. The second-order valence-corrected chi connectivity index (χ2v) is 1.47. The molecule has 0 rings (SSSR count). The summed E-state index contributed by atoms with van der Waals surface area (Å²) in [4.78, 5) is 0. The van der Waals surface area contributed by atoms with Gasteiger partial charge in [0.1, 0.15) is 0 Å². The molecule has 0 fully saturated rings. The Balaban J connectivity index is 3.11. The fraction of sp³-hybridized carbons (Fsp3) is 0.333. The van der Waals surface area contributed by atoms with Crippen LogP contribution in [0.1, 0.15) is 0 Å². The highest BCUT2D eigenvalue weighted by Gasteiger charge is 1.80. The van der Waals surface area contributed by atoms with Gasteiger partial charge >= 0.3 is 0 Å². The van der Waals surface area contributed by atoms with Crippen LogP contribution in [0, 0.1) is 0 Å². The molecule has 8 heavy (non-hydrogen) atoms. The zero-order chi connectivity index (χ0) is 6.41. The molecule has 0 aromatic heterocycles. The van der Waals surface area contributed by atoms with Crippen molar-refractivity contribution in [2.24, 2.45) is 0 Å². The molecule has 0 aromatic carbocycles. The van der Waals surface area contributed by atoms with Crippen molar-refractivity contribution in [3.63, 3.8) is 0 Å². The normalized spacial score (nSPS) is 8.62. The molecule has 0 aliphatic carbocycles. The van der Waals surface area contributed by atoms with E-state index in [2.05, 4.69) is 24.0 Å². The lowest BCUT2D eigenvalue weighted by molar-refractivity contribution is 0.639. The summed E-state index contributed by atoms with van der Waals surface area (Å²) < 4.78 is 0. The van der Waals surface area contributed by atoms with E-state index in [1.807, 2.05) is 7.05 Å². The topological polar surface area (TPSA) is 24.1 Å². The molecule has 0 amide bonds. The van der Waals surface area contributed by atoms with E-state index < -0.39 is 0 Å². The van der Waals surface area contributed by atoms with E-state index in [0.29, 0.717) is 0 Å². The lowest BCUT2D eigenvalue weighted by Crippen LogP contribution is -2.28. The van der Waals surface area contributed by atoms with Gasteiger partial charge < -0.3 is 0 Å². The maximum absolute atomic E-state index is 3.69. The molecule has 0 saturated carbocycles. The average molecular weight is 112 g/mol. The fourth-order valence-corrected chi connectivity index (χ4v) is 0.274. The number of rotatable bonds is 4. The molecule has 2 N–H and O–H groups in total. The smallest absolute Gasteiger partial charge is 0.0344 e. The molecular formula is C6H12N2. The van der Waals surface area contributed by atoms with Gasteiger partial charge in [0.15, 0.2) is 0 Å². The molecule has 0 saturated heterocycles. The third-order valence-electron chi connectivity index (χ3n) is 0.781. The molecule has 2 nitrogen and oxygen atoms in total. The second kappa shape index (κ2) is 4.56. The van der Waals surface area contributed by atoms with E-state index in [0.717, 1.165) is 12.1 Å². The summed E-state index contributed by atoms with van der Waals surface area (Å²) >= 11 is 0. The van der Waals surface area contributed by atoms with Gasteiger partial charge in [-0.15, -0.1) is 0 Å². The minimum atomic E-state index is 0.750. The number of nitrogens with one attached hydrogen (secondary N) is 2. The quantitative estimate of drug-likeness (QED) is 0.407. The van der Waals surface area contributed by atoms with Gasteiger partial charge in [0.2, 0.25) is 0 Å². The number of hydrazine groups is 1. The van der Waals surface area contributed by atoms with Crippen LogP contribution in [0.25, 0.3) is 0 Å². The monoisotopic (exact) mass is 112 g/mol. The van der Waals surface area contributed by atoms with Crippen LogP contribution in [0.4, 0.5) is 0 Å². The molecule has 0 unspecified atom stereocenters. The highest BCUT2D eigenvalue weighted by atomic mass is 15.3. The van der Waals surface area contributed by atoms with Gasteiger partial charge in [0, 0.05) is 6.54 Å². The van der Waals surface area contributed by atoms with Crippen LogP contribution in [0.2, 0.25) is 0 Å². The van der Waals surface area contributed by atoms with Crippen molar-refractivity contribution in [3.8, 4) is 0 Å². The molecule has 0 heterocycles. The molecule has 0 aliphatic rings. The van der Waals surface area contributed by atoms with E-state index >= 15 is 0 Å². The van der Waals surface area contributed by atoms with Crippen molar-refractivity contribution in [1.82, 2.24) is 10.9 Å². The molecule has 46 valence electrons. The van der Waals surface area contributed by atoms with Gasteiger partial charge in [-0.3, -0.25) is 10.9 Å². The summed E-state index contributed by atoms with van der Waals surface area (Å²) in [6, 6.07) is 0. The van der Waals surface area contributed by atoms with Gasteiger partial charge in [0.05, 0.1) is 0 Å². The zero-order valence-electron chi connectivity index (χ0n) is 5.20. The minimum absolute atomic E-state index is 0.750. The van der Waals surface area contributed by atoms with Gasteiger partial charge in [-0.2, -0.15) is 0 Å². The third-order valence-corrected chi connectivity index (χ3v) is 0.781.